The molecule has 29 heteroatoms. The molecule has 0 spiro atoms. The normalized spacial score (nSPS) is 12.9. The van der Waals surface area contributed by atoms with Gasteiger partial charge in [-0.3, -0.25) is 38.3 Å². The van der Waals surface area contributed by atoms with Crippen LogP contribution >= 0.6 is 61.9 Å². The van der Waals surface area contributed by atoms with Gasteiger partial charge < -0.3 is 52.9 Å². The Labute approximate surface area is 476 Å². The molecule has 4 heterocycles. The number of benzene rings is 4. The van der Waals surface area contributed by atoms with Gasteiger partial charge in [-0.25, -0.2) is 9.97 Å². The van der Waals surface area contributed by atoms with E-state index < -0.39 is 26.3 Å². The second-order valence-electron chi connectivity index (χ2n) is 17.2. The van der Waals surface area contributed by atoms with Gasteiger partial charge in [-0.15, -0.1) is 0 Å². The lowest BCUT2D eigenvalue weighted by molar-refractivity contribution is 0.108. The van der Waals surface area contributed by atoms with E-state index in [1.807, 2.05) is 32.0 Å². The number of nitrogens with one attached hydrogen (secondary N) is 2. The van der Waals surface area contributed by atoms with Gasteiger partial charge in [0, 0.05) is 45.8 Å². The lowest BCUT2D eigenvalue weighted by Crippen LogP contribution is -2.13. The summed E-state index contributed by atoms with van der Waals surface area (Å²) < 4.78 is 69.5. The fourth-order valence-corrected chi connectivity index (χ4v) is 11.8. The highest BCUT2D eigenvalue weighted by Gasteiger charge is 2.28. The van der Waals surface area contributed by atoms with Crippen molar-refractivity contribution in [2.45, 2.75) is 40.2 Å². The highest BCUT2D eigenvalue weighted by Crippen LogP contribution is 2.50. The van der Waals surface area contributed by atoms with Crippen LogP contribution in [0.1, 0.15) is 43.0 Å². The molecule has 4 aromatic heterocycles. The topological polar surface area (TPSA) is 312 Å². The molecule has 0 aliphatic heterocycles. The Morgan fingerprint density at radius 2 is 1.09 bits per heavy atom. The summed E-state index contributed by atoms with van der Waals surface area (Å²) in [6, 6.07) is 26.4. The largest absolute Gasteiger partial charge is 0.496 e. The number of aromatic amines is 2. The lowest BCUT2D eigenvalue weighted by atomic mass is 10.1. The second-order valence-corrected chi connectivity index (χ2v) is 24.2. The van der Waals surface area contributed by atoms with Crippen LogP contribution in [-0.4, -0.2) is 107 Å². The predicted molar refractivity (Wildman–Crippen MR) is 309 cm³/mol. The monoisotopic (exact) mass is 1210 g/mol. The van der Waals surface area contributed by atoms with Crippen molar-refractivity contribution in [1.82, 2.24) is 39.0 Å². The summed E-state index contributed by atoms with van der Waals surface area (Å²) in [6.07, 6.45) is 2.22. The Morgan fingerprint density at radius 3 is 1.55 bits per heavy atom. The fraction of sp³-hybridized carbons (Fsp3) is 0.294. The Balaban J connectivity index is 0.000000231. The molecule has 0 saturated carbocycles. The van der Waals surface area contributed by atoms with Gasteiger partial charge in [-0.1, -0.05) is 107 Å². The zero-order valence-corrected chi connectivity index (χ0v) is 48.3. The minimum atomic E-state index is -3.75. The Morgan fingerprint density at radius 1 is 0.625 bits per heavy atom. The van der Waals surface area contributed by atoms with Gasteiger partial charge in [0.1, 0.15) is 18.4 Å². The number of aromatic nitrogens is 8. The van der Waals surface area contributed by atoms with Gasteiger partial charge in [-0.05, 0) is 66.9 Å². The molecule has 0 aliphatic rings. The van der Waals surface area contributed by atoms with E-state index in [1.54, 1.807) is 89.0 Å². The first-order valence-electron chi connectivity index (χ1n) is 24.3. The molecular formula is C51H56Cl2N10O13P2S2. The van der Waals surface area contributed by atoms with Crippen LogP contribution in [0, 0.1) is 13.8 Å². The number of ether oxygens (including phenoxy) is 3. The first-order chi connectivity index (χ1) is 38.4. The number of hydrogen-bond acceptors (Lipinski definition) is 21. The SMILES string of the molecule is COc1cc(C(=O)SCCOP(=O)(COCCn2cnc3c(=O)[nH]c(N)nc32)OCc2cccc(Cl)c2)ccc1C.Cc1ccc(C(=O)SCCOP(=O)(COCCn2cnc3c(=O)[nH]c(N)nc32)OCc2cccc(Cl)c2)cc1. The number of anilines is 2. The lowest BCUT2D eigenvalue weighted by Gasteiger charge is -2.19. The molecule has 8 rings (SSSR count). The minimum Gasteiger partial charge on any atom is -0.496 e. The zero-order valence-electron chi connectivity index (χ0n) is 43.4. The van der Waals surface area contributed by atoms with Crippen LogP contribution in [0.5, 0.6) is 5.75 Å². The summed E-state index contributed by atoms with van der Waals surface area (Å²) in [5.74, 6) is 1.08. The minimum absolute atomic E-state index is 0.00519. The summed E-state index contributed by atoms with van der Waals surface area (Å²) in [7, 11) is -5.91. The number of halogens is 2. The third kappa shape index (κ3) is 18.2. The molecule has 23 nitrogen and oxygen atoms in total. The molecule has 8 aromatic rings. The Bertz CT molecular complexity index is 3640. The quantitative estimate of drug-likeness (QED) is 0.0275. The highest BCUT2D eigenvalue weighted by atomic mass is 35.5. The van der Waals surface area contributed by atoms with Gasteiger partial charge in [0.25, 0.3) is 11.1 Å². The number of carbonyl (C=O) groups is 2. The molecule has 424 valence electrons. The van der Waals surface area contributed by atoms with E-state index in [4.69, 9.17) is 67.0 Å². The van der Waals surface area contributed by atoms with Gasteiger partial charge in [-0.2, -0.15) is 9.97 Å². The Hall–Kier alpha value is -6.18. The van der Waals surface area contributed by atoms with Crippen LogP contribution in [-0.2, 0) is 63.0 Å². The first-order valence-corrected chi connectivity index (χ1v) is 30.5. The van der Waals surface area contributed by atoms with Crippen molar-refractivity contribution in [2.75, 3.05) is 69.2 Å². The van der Waals surface area contributed by atoms with Crippen molar-refractivity contribution in [3.63, 3.8) is 0 Å². The van der Waals surface area contributed by atoms with Crippen molar-refractivity contribution < 1.29 is 51.0 Å². The van der Waals surface area contributed by atoms with E-state index in [0.717, 1.165) is 34.7 Å². The van der Waals surface area contributed by atoms with E-state index >= 15 is 0 Å². The maximum absolute atomic E-state index is 13.6. The van der Waals surface area contributed by atoms with Crippen LogP contribution < -0.4 is 27.3 Å². The van der Waals surface area contributed by atoms with Crippen LogP contribution in [0.3, 0.4) is 0 Å². The number of nitrogen functional groups attached to an aromatic ring is 2. The number of nitrogens with two attached hydrogens (primary N) is 2. The van der Waals surface area contributed by atoms with E-state index in [2.05, 4.69) is 29.9 Å². The average molecular weight is 1210 g/mol. The summed E-state index contributed by atoms with van der Waals surface area (Å²) in [4.78, 5) is 70.1. The molecule has 0 radical (unpaired) electrons. The van der Waals surface area contributed by atoms with Crippen LogP contribution in [0.15, 0.2) is 113 Å². The van der Waals surface area contributed by atoms with Crippen molar-refractivity contribution >= 4 is 106 Å². The maximum atomic E-state index is 13.6. The van der Waals surface area contributed by atoms with E-state index in [-0.39, 0.29) is 110 Å². The molecule has 0 aliphatic carbocycles. The average Bonchev–Trinajstić information content (AvgIpc) is 4.10. The number of hydrogen-bond donors (Lipinski definition) is 4. The summed E-state index contributed by atoms with van der Waals surface area (Å²) in [5.41, 5.74) is 15.8. The number of H-pyrrole nitrogens is 2. The number of rotatable bonds is 27. The number of carbonyl (C=O) groups excluding carboxylic acids is 2. The summed E-state index contributed by atoms with van der Waals surface area (Å²) in [6.45, 7) is 4.52. The molecule has 2 atom stereocenters. The fourth-order valence-electron chi connectivity index (χ4n) is 7.19. The predicted octanol–water partition coefficient (Wildman–Crippen LogP) is 9.28. The highest BCUT2D eigenvalue weighted by molar-refractivity contribution is 8.14. The molecule has 0 saturated heterocycles. The van der Waals surface area contributed by atoms with Gasteiger partial charge >= 0.3 is 15.2 Å². The number of nitrogens with zero attached hydrogens (tertiary/aromatic N) is 6. The number of fused-ring (bicyclic) bond motifs is 2. The van der Waals surface area contributed by atoms with Gasteiger partial charge in [0.15, 0.2) is 22.3 Å². The van der Waals surface area contributed by atoms with Crippen molar-refractivity contribution in [3.8, 4) is 5.75 Å². The summed E-state index contributed by atoms with van der Waals surface area (Å²) >= 11 is 14.2. The second kappa shape index (κ2) is 29.5. The number of thioether (sulfide) groups is 2. The Kier molecular flexibility index (Phi) is 22.7. The molecule has 0 amide bonds. The zero-order chi connectivity index (χ0) is 57.2. The molecule has 2 unspecified atom stereocenters. The molecule has 80 heavy (non-hydrogen) atoms. The molecule has 4 aromatic carbocycles. The standard InChI is InChI=1S/C26H29ClN5O7PS.C25H27ClN5O6PS/c1-17-6-7-19(13-21(17)36-2)25(34)41-11-10-38-40(35,39-14-18-4-3-5-20(27)12-18)16-37-9-8-32-15-29-22-23(32)30-26(28)31-24(22)33;1-17-5-7-19(8-6-17)24(33)39-12-11-36-38(34,37-14-18-3-2-4-20(26)13-18)16-35-10-9-31-15-28-21-22(31)29-25(27)30-23(21)32/h3-7,12-13,15H,8-11,14,16H2,1-2H3,(H3,28,30,31,33);2-8,13,15H,9-12,14,16H2,1H3,(H3,27,29,30,32). The molecule has 6 N–H and O–H groups in total. The van der Waals surface area contributed by atoms with Crippen LogP contribution in [0.4, 0.5) is 11.9 Å². The number of imidazole rings is 2. The van der Waals surface area contributed by atoms with Gasteiger partial charge in [0.2, 0.25) is 22.1 Å². The van der Waals surface area contributed by atoms with Crippen molar-refractivity contribution in [3.05, 3.63) is 168 Å². The number of aryl methyl sites for hydroxylation is 2. The third-order valence-electron chi connectivity index (χ3n) is 11.2. The smallest absolute Gasteiger partial charge is 0.356 e. The van der Waals surface area contributed by atoms with E-state index in [9.17, 15) is 28.3 Å². The summed E-state index contributed by atoms with van der Waals surface area (Å²) in [5, 5.41) is 0.764. The molecular weight excluding hydrogens is 1160 g/mol. The van der Waals surface area contributed by atoms with E-state index in [1.165, 1.54) is 12.7 Å². The number of methoxy groups -OCH3 is 1. The van der Waals surface area contributed by atoms with Crippen molar-refractivity contribution in [1.29, 1.82) is 0 Å². The van der Waals surface area contributed by atoms with Crippen LogP contribution in [0.25, 0.3) is 22.3 Å². The van der Waals surface area contributed by atoms with Crippen molar-refractivity contribution in [2.24, 2.45) is 0 Å². The third-order valence-corrected chi connectivity index (χ3v) is 16.6. The first kappa shape index (κ1) is 61.4. The van der Waals surface area contributed by atoms with Gasteiger partial charge in [0.05, 0.1) is 59.4 Å². The molecule has 0 fully saturated rings. The maximum Gasteiger partial charge on any atom is 0.356 e. The van der Waals surface area contributed by atoms with Crippen LogP contribution in [0.2, 0.25) is 10.0 Å². The van der Waals surface area contributed by atoms with E-state index in [0.29, 0.717) is 49.3 Å². The molecule has 0 bridgehead atoms.